The molecular weight excluding hydrogens is 366 g/mol. The van der Waals surface area contributed by atoms with Crippen LogP contribution in [0.4, 0.5) is 10.5 Å². The van der Waals surface area contributed by atoms with Crippen LogP contribution in [-0.2, 0) is 4.74 Å². The van der Waals surface area contributed by atoms with Crippen molar-refractivity contribution in [1.82, 2.24) is 10.2 Å². The number of amides is 2. The van der Waals surface area contributed by atoms with E-state index in [0.29, 0.717) is 23.7 Å². The van der Waals surface area contributed by atoms with E-state index >= 15 is 0 Å². The van der Waals surface area contributed by atoms with Crippen LogP contribution >= 0.6 is 11.3 Å². The van der Waals surface area contributed by atoms with Crippen LogP contribution in [0.25, 0.3) is 0 Å². The summed E-state index contributed by atoms with van der Waals surface area (Å²) in [5.41, 5.74) is 1.83. The van der Waals surface area contributed by atoms with E-state index in [-0.39, 0.29) is 12.1 Å². The van der Waals surface area contributed by atoms with Crippen molar-refractivity contribution in [2.24, 2.45) is 0 Å². The molecule has 1 aliphatic heterocycles. The molecule has 0 saturated carbocycles. The van der Waals surface area contributed by atoms with Crippen LogP contribution in [0.1, 0.15) is 11.6 Å². The van der Waals surface area contributed by atoms with Gasteiger partial charge in [0, 0.05) is 43.5 Å². The summed E-state index contributed by atoms with van der Waals surface area (Å²) in [6.45, 7) is 3.67. The highest BCUT2D eigenvalue weighted by Gasteiger charge is 2.23. The van der Waals surface area contributed by atoms with Gasteiger partial charge in [0.25, 0.3) is 0 Å². The lowest BCUT2D eigenvalue weighted by molar-refractivity contribution is 0.0168. The van der Waals surface area contributed by atoms with Gasteiger partial charge in [-0.05, 0) is 22.4 Å². The molecule has 1 unspecified atom stereocenters. The van der Waals surface area contributed by atoms with E-state index < -0.39 is 0 Å². The molecule has 2 aromatic rings. The lowest BCUT2D eigenvalue weighted by Crippen LogP contribution is -2.44. The van der Waals surface area contributed by atoms with Gasteiger partial charge in [0.05, 0.1) is 33.5 Å². The molecule has 1 saturated heterocycles. The number of urea groups is 1. The number of nitrogens with one attached hydrogen (secondary N) is 2. The molecule has 2 amide bonds. The number of anilines is 1. The van der Waals surface area contributed by atoms with Gasteiger partial charge in [0.2, 0.25) is 0 Å². The number of rotatable bonds is 7. The molecule has 8 heteroatoms. The first-order chi connectivity index (χ1) is 13.2. The lowest BCUT2D eigenvalue weighted by Gasteiger charge is -2.34. The number of hydrogen-bond donors (Lipinski definition) is 2. The molecule has 1 atom stereocenters. The number of benzene rings is 1. The quantitative estimate of drug-likeness (QED) is 0.759. The van der Waals surface area contributed by atoms with Gasteiger partial charge in [-0.1, -0.05) is 0 Å². The van der Waals surface area contributed by atoms with Crippen LogP contribution in [-0.4, -0.2) is 58.0 Å². The number of carbonyl (C=O) groups is 1. The van der Waals surface area contributed by atoms with E-state index in [4.69, 9.17) is 14.2 Å². The van der Waals surface area contributed by atoms with Crippen LogP contribution in [0.3, 0.4) is 0 Å². The zero-order valence-electron chi connectivity index (χ0n) is 15.6. The van der Waals surface area contributed by atoms with Gasteiger partial charge in [-0.15, -0.1) is 0 Å². The molecule has 0 bridgehead atoms. The smallest absolute Gasteiger partial charge is 0.319 e. The molecule has 1 aromatic carbocycles. The third kappa shape index (κ3) is 5.35. The second kappa shape index (κ2) is 9.59. The van der Waals surface area contributed by atoms with Crippen molar-refractivity contribution < 1.29 is 19.0 Å². The summed E-state index contributed by atoms with van der Waals surface area (Å²) in [6.07, 6.45) is 0. The zero-order valence-corrected chi connectivity index (χ0v) is 16.4. The molecule has 1 aromatic heterocycles. The summed E-state index contributed by atoms with van der Waals surface area (Å²) < 4.78 is 15.9. The average Bonchev–Trinajstić information content (AvgIpc) is 3.23. The van der Waals surface area contributed by atoms with Crippen LogP contribution < -0.4 is 20.1 Å². The lowest BCUT2D eigenvalue weighted by atomic mass is 10.1. The van der Waals surface area contributed by atoms with E-state index in [1.54, 1.807) is 43.8 Å². The number of nitrogens with zero attached hydrogens (tertiary/aromatic N) is 1. The summed E-state index contributed by atoms with van der Waals surface area (Å²) in [4.78, 5) is 14.8. The van der Waals surface area contributed by atoms with Crippen molar-refractivity contribution in [2.45, 2.75) is 6.04 Å². The second-order valence-electron chi connectivity index (χ2n) is 6.16. The second-order valence-corrected chi connectivity index (χ2v) is 6.94. The normalized spacial score (nSPS) is 15.8. The van der Waals surface area contributed by atoms with Gasteiger partial charge in [-0.2, -0.15) is 11.3 Å². The first-order valence-corrected chi connectivity index (χ1v) is 9.75. The predicted octanol–water partition coefficient (Wildman–Crippen LogP) is 2.96. The minimum Gasteiger partial charge on any atom is -0.497 e. The van der Waals surface area contributed by atoms with Crippen molar-refractivity contribution in [3.05, 3.63) is 40.6 Å². The van der Waals surface area contributed by atoms with Gasteiger partial charge >= 0.3 is 6.03 Å². The number of carbonyl (C=O) groups excluding carboxylic acids is 1. The fraction of sp³-hybridized carbons (Fsp3) is 0.421. The van der Waals surface area contributed by atoms with Crippen molar-refractivity contribution in [2.75, 3.05) is 52.4 Å². The minimum absolute atomic E-state index is 0.130. The van der Waals surface area contributed by atoms with E-state index in [1.807, 2.05) is 0 Å². The van der Waals surface area contributed by atoms with Crippen LogP contribution in [0, 0.1) is 0 Å². The molecule has 1 fully saturated rings. The van der Waals surface area contributed by atoms with Crippen LogP contribution in [0.2, 0.25) is 0 Å². The third-order valence-corrected chi connectivity index (χ3v) is 5.18. The Morgan fingerprint density at radius 1 is 1.22 bits per heavy atom. The predicted molar refractivity (Wildman–Crippen MR) is 106 cm³/mol. The number of morpholine rings is 1. The maximum absolute atomic E-state index is 12.4. The average molecular weight is 391 g/mol. The maximum Gasteiger partial charge on any atom is 0.319 e. The number of ether oxygens (including phenoxy) is 3. The summed E-state index contributed by atoms with van der Waals surface area (Å²) in [7, 11) is 3.15. The minimum atomic E-state index is -0.265. The summed E-state index contributed by atoms with van der Waals surface area (Å²) >= 11 is 1.66. The van der Waals surface area contributed by atoms with Crippen molar-refractivity contribution in [3.63, 3.8) is 0 Å². The van der Waals surface area contributed by atoms with Gasteiger partial charge in [0.1, 0.15) is 11.5 Å². The van der Waals surface area contributed by atoms with Crippen LogP contribution in [0.5, 0.6) is 11.5 Å². The van der Waals surface area contributed by atoms with Crippen LogP contribution in [0.15, 0.2) is 35.0 Å². The topological polar surface area (TPSA) is 72.1 Å². The number of thiophene rings is 1. The Labute approximate surface area is 163 Å². The monoisotopic (exact) mass is 391 g/mol. The van der Waals surface area contributed by atoms with E-state index in [2.05, 4.69) is 32.4 Å². The van der Waals surface area contributed by atoms with Crippen molar-refractivity contribution in [3.8, 4) is 11.5 Å². The van der Waals surface area contributed by atoms with E-state index in [0.717, 1.165) is 26.3 Å². The molecule has 2 N–H and O–H groups in total. The molecule has 7 nitrogen and oxygen atoms in total. The molecule has 0 aliphatic carbocycles. The standard InChI is InChI=1S/C19H25N3O4S/c1-24-16-9-15(10-17(11-16)25-2)21-19(23)20-12-18(14-3-8-27-13-14)22-4-6-26-7-5-22/h3,8-11,13,18H,4-7,12H2,1-2H3,(H2,20,21,23). The number of methoxy groups -OCH3 is 2. The Kier molecular flexibility index (Phi) is 6.92. The molecule has 3 rings (SSSR count). The fourth-order valence-electron chi connectivity index (χ4n) is 3.06. The summed E-state index contributed by atoms with van der Waals surface area (Å²) in [6, 6.07) is 7.23. The Balaban J connectivity index is 1.62. The molecule has 27 heavy (non-hydrogen) atoms. The SMILES string of the molecule is COc1cc(NC(=O)NCC(c2ccsc2)N2CCOCC2)cc(OC)c1. The Bertz CT molecular complexity index is 710. The maximum atomic E-state index is 12.4. The molecule has 0 spiro atoms. The number of hydrogen-bond acceptors (Lipinski definition) is 6. The van der Waals surface area contributed by atoms with Gasteiger partial charge < -0.3 is 24.8 Å². The summed E-state index contributed by atoms with van der Waals surface area (Å²) in [5.74, 6) is 1.24. The Morgan fingerprint density at radius 3 is 2.52 bits per heavy atom. The molecule has 1 aliphatic rings. The van der Waals surface area contributed by atoms with Gasteiger partial charge in [0.15, 0.2) is 0 Å². The molecule has 0 radical (unpaired) electrons. The Morgan fingerprint density at radius 2 is 1.93 bits per heavy atom. The summed E-state index contributed by atoms with van der Waals surface area (Å²) in [5, 5.41) is 10.0. The Hall–Kier alpha value is -2.29. The van der Waals surface area contributed by atoms with Gasteiger partial charge in [-0.3, -0.25) is 4.90 Å². The highest BCUT2D eigenvalue weighted by molar-refractivity contribution is 7.07. The van der Waals surface area contributed by atoms with Crippen molar-refractivity contribution >= 4 is 23.1 Å². The largest absolute Gasteiger partial charge is 0.497 e. The van der Waals surface area contributed by atoms with Crippen molar-refractivity contribution in [1.29, 1.82) is 0 Å². The molecular formula is C19H25N3O4S. The zero-order chi connectivity index (χ0) is 19.1. The first-order valence-electron chi connectivity index (χ1n) is 8.81. The highest BCUT2D eigenvalue weighted by atomic mass is 32.1. The third-order valence-electron chi connectivity index (χ3n) is 4.48. The highest BCUT2D eigenvalue weighted by Crippen LogP contribution is 2.26. The first kappa shape index (κ1) is 19.5. The van der Waals surface area contributed by atoms with E-state index in [1.165, 1.54) is 5.56 Å². The molecule has 146 valence electrons. The molecule has 2 heterocycles. The fourth-order valence-corrected chi connectivity index (χ4v) is 3.76. The van der Waals surface area contributed by atoms with E-state index in [9.17, 15) is 4.79 Å². The van der Waals surface area contributed by atoms with Gasteiger partial charge in [-0.25, -0.2) is 4.79 Å².